The zero-order valence-corrected chi connectivity index (χ0v) is 19.8. The molecule has 1 heterocycles. The molecule has 0 unspecified atom stereocenters. The largest absolute Gasteiger partial charge is 0.356 e. The van der Waals surface area contributed by atoms with E-state index in [0.29, 0.717) is 5.92 Å². The number of nitrogens with zero attached hydrogens (tertiary/aromatic N) is 3. The number of guanidine groups is 1. The summed E-state index contributed by atoms with van der Waals surface area (Å²) in [5, 5.41) is 6.87. The molecule has 1 aromatic carbocycles. The van der Waals surface area contributed by atoms with Gasteiger partial charge in [0.2, 0.25) is 0 Å². The summed E-state index contributed by atoms with van der Waals surface area (Å²) in [6, 6.07) is 8.77. The first-order valence-corrected chi connectivity index (χ1v) is 10.1. The average Bonchev–Trinajstić information content (AvgIpc) is 2.66. The van der Waals surface area contributed by atoms with Crippen LogP contribution in [0.15, 0.2) is 29.3 Å². The van der Waals surface area contributed by atoms with Gasteiger partial charge in [0.05, 0.1) is 0 Å². The average molecular weight is 487 g/mol. The standard InChI is InChI=1S/C21H37N5.HI/c1-5-25-12-14-26(15-13-25)17-20-9-7-6-8-19(20)16-24-21(22-4)23-11-10-18(2)3;/h6-9,18H,5,10-17H2,1-4H3,(H2,22,23,24);1H. The number of halogens is 1. The Kier molecular flexibility index (Phi) is 11.9. The first-order valence-electron chi connectivity index (χ1n) is 10.1. The molecule has 27 heavy (non-hydrogen) atoms. The van der Waals surface area contributed by atoms with Crippen LogP contribution in [0, 0.1) is 5.92 Å². The van der Waals surface area contributed by atoms with Crippen molar-refractivity contribution in [2.24, 2.45) is 10.9 Å². The van der Waals surface area contributed by atoms with Crippen molar-refractivity contribution in [1.82, 2.24) is 20.4 Å². The van der Waals surface area contributed by atoms with Crippen LogP contribution in [-0.4, -0.2) is 62.1 Å². The van der Waals surface area contributed by atoms with Crippen molar-refractivity contribution in [3.8, 4) is 0 Å². The summed E-state index contributed by atoms with van der Waals surface area (Å²) < 4.78 is 0. The number of rotatable bonds is 8. The van der Waals surface area contributed by atoms with E-state index in [0.717, 1.165) is 51.6 Å². The predicted octanol–water partition coefficient (Wildman–Crippen LogP) is 3.15. The van der Waals surface area contributed by atoms with Gasteiger partial charge < -0.3 is 15.5 Å². The molecule has 1 fully saturated rings. The molecule has 0 spiro atoms. The lowest BCUT2D eigenvalue weighted by molar-refractivity contribution is 0.131. The van der Waals surface area contributed by atoms with E-state index >= 15 is 0 Å². The van der Waals surface area contributed by atoms with Gasteiger partial charge in [0, 0.05) is 52.9 Å². The molecule has 0 aromatic heterocycles. The minimum Gasteiger partial charge on any atom is -0.356 e. The van der Waals surface area contributed by atoms with Crippen LogP contribution in [0.5, 0.6) is 0 Å². The lowest BCUT2D eigenvalue weighted by Gasteiger charge is -2.34. The molecule has 0 aliphatic carbocycles. The Hall–Kier alpha value is -0.860. The highest BCUT2D eigenvalue weighted by atomic mass is 127. The number of aliphatic imine (C=N–C) groups is 1. The fourth-order valence-electron chi connectivity index (χ4n) is 3.27. The molecule has 1 aliphatic heterocycles. The van der Waals surface area contributed by atoms with Crippen molar-refractivity contribution < 1.29 is 0 Å². The van der Waals surface area contributed by atoms with Crippen LogP contribution in [0.3, 0.4) is 0 Å². The fourth-order valence-corrected chi connectivity index (χ4v) is 3.27. The van der Waals surface area contributed by atoms with E-state index in [4.69, 9.17) is 0 Å². The second-order valence-electron chi connectivity index (χ2n) is 7.51. The highest BCUT2D eigenvalue weighted by Crippen LogP contribution is 2.13. The number of likely N-dealkylation sites (N-methyl/N-ethyl adjacent to an activating group) is 1. The van der Waals surface area contributed by atoms with Crippen LogP contribution in [0.2, 0.25) is 0 Å². The van der Waals surface area contributed by atoms with Crippen molar-refractivity contribution in [2.75, 3.05) is 46.3 Å². The zero-order chi connectivity index (χ0) is 18.8. The van der Waals surface area contributed by atoms with Gasteiger partial charge in [0.1, 0.15) is 0 Å². The highest BCUT2D eigenvalue weighted by Gasteiger charge is 2.16. The van der Waals surface area contributed by atoms with Crippen LogP contribution < -0.4 is 10.6 Å². The molecule has 0 atom stereocenters. The van der Waals surface area contributed by atoms with Crippen molar-refractivity contribution in [2.45, 2.75) is 40.3 Å². The van der Waals surface area contributed by atoms with Gasteiger partial charge in [-0.1, -0.05) is 45.0 Å². The van der Waals surface area contributed by atoms with Crippen LogP contribution in [-0.2, 0) is 13.1 Å². The van der Waals surface area contributed by atoms with Gasteiger partial charge >= 0.3 is 0 Å². The van der Waals surface area contributed by atoms with E-state index in [9.17, 15) is 0 Å². The van der Waals surface area contributed by atoms with Crippen LogP contribution in [0.1, 0.15) is 38.3 Å². The SMILES string of the molecule is CCN1CCN(Cc2ccccc2CNC(=NC)NCCC(C)C)CC1.I. The maximum absolute atomic E-state index is 4.34. The van der Waals surface area contributed by atoms with E-state index in [1.807, 2.05) is 7.05 Å². The van der Waals surface area contributed by atoms with E-state index in [1.165, 1.54) is 24.2 Å². The molecule has 6 heteroatoms. The number of piperazine rings is 1. The van der Waals surface area contributed by atoms with Crippen molar-refractivity contribution >= 4 is 29.9 Å². The molecule has 0 amide bonds. The van der Waals surface area contributed by atoms with Gasteiger partial charge in [0.15, 0.2) is 5.96 Å². The maximum Gasteiger partial charge on any atom is 0.191 e. The molecule has 5 nitrogen and oxygen atoms in total. The van der Waals surface area contributed by atoms with Crippen LogP contribution in [0.25, 0.3) is 0 Å². The molecule has 2 rings (SSSR count). The Morgan fingerprint density at radius 3 is 2.26 bits per heavy atom. The van der Waals surface area contributed by atoms with E-state index in [-0.39, 0.29) is 24.0 Å². The third-order valence-corrected chi connectivity index (χ3v) is 5.11. The van der Waals surface area contributed by atoms with E-state index in [1.54, 1.807) is 0 Å². The Morgan fingerprint density at radius 2 is 1.67 bits per heavy atom. The van der Waals surface area contributed by atoms with Crippen molar-refractivity contribution in [3.05, 3.63) is 35.4 Å². The number of hydrogen-bond acceptors (Lipinski definition) is 3. The molecule has 154 valence electrons. The third-order valence-electron chi connectivity index (χ3n) is 5.11. The molecule has 1 aliphatic rings. The molecular weight excluding hydrogens is 449 g/mol. The topological polar surface area (TPSA) is 42.9 Å². The first kappa shape index (κ1) is 24.2. The summed E-state index contributed by atoms with van der Waals surface area (Å²) in [6.07, 6.45) is 1.15. The summed E-state index contributed by atoms with van der Waals surface area (Å²) >= 11 is 0. The molecular formula is C21H38IN5. The van der Waals surface area contributed by atoms with Gasteiger partial charge in [-0.05, 0) is 30.0 Å². The summed E-state index contributed by atoms with van der Waals surface area (Å²) in [5.74, 6) is 1.59. The predicted molar refractivity (Wildman–Crippen MR) is 127 cm³/mol. The lowest BCUT2D eigenvalue weighted by atomic mass is 10.1. The maximum atomic E-state index is 4.34. The Balaban J connectivity index is 0.00000364. The summed E-state index contributed by atoms with van der Waals surface area (Å²) in [6.45, 7) is 15.4. The Labute approximate surface area is 183 Å². The summed E-state index contributed by atoms with van der Waals surface area (Å²) in [4.78, 5) is 9.44. The van der Waals surface area contributed by atoms with E-state index in [2.05, 4.69) is 70.5 Å². The zero-order valence-electron chi connectivity index (χ0n) is 17.5. The second kappa shape index (κ2) is 13.3. The molecule has 0 bridgehead atoms. The molecule has 0 saturated carbocycles. The number of hydrogen-bond donors (Lipinski definition) is 2. The van der Waals surface area contributed by atoms with Crippen molar-refractivity contribution in [1.29, 1.82) is 0 Å². The monoisotopic (exact) mass is 487 g/mol. The third kappa shape index (κ3) is 8.79. The summed E-state index contributed by atoms with van der Waals surface area (Å²) in [7, 11) is 1.84. The fraction of sp³-hybridized carbons (Fsp3) is 0.667. The van der Waals surface area contributed by atoms with Gasteiger partial charge in [0.25, 0.3) is 0 Å². The first-order chi connectivity index (χ1) is 12.6. The molecule has 1 aromatic rings. The van der Waals surface area contributed by atoms with E-state index < -0.39 is 0 Å². The number of benzene rings is 1. The highest BCUT2D eigenvalue weighted by molar-refractivity contribution is 14.0. The minimum atomic E-state index is 0. The lowest BCUT2D eigenvalue weighted by Crippen LogP contribution is -2.45. The normalized spacial score (nSPS) is 16.3. The Morgan fingerprint density at radius 1 is 1.04 bits per heavy atom. The molecule has 0 radical (unpaired) electrons. The van der Waals surface area contributed by atoms with Crippen molar-refractivity contribution in [3.63, 3.8) is 0 Å². The van der Waals surface area contributed by atoms with Gasteiger partial charge in [-0.15, -0.1) is 24.0 Å². The quantitative estimate of drug-likeness (QED) is 0.336. The second-order valence-corrected chi connectivity index (χ2v) is 7.51. The van der Waals surface area contributed by atoms with Crippen LogP contribution in [0.4, 0.5) is 0 Å². The number of nitrogens with one attached hydrogen (secondary N) is 2. The van der Waals surface area contributed by atoms with Crippen LogP contribution >= 0.6 is 24.0 Å². The summed E-state index contributed by atoms with van der Waals surface area (Å²) in [5.41, 5.74) is 2.78. The molecule has 1 saturated heterocycles. The van der Waals surface area contributed by atoms with Gasteiger partial charge in [-0.25, -0.2) is 0 Å². The van der Waals surface area contributed by atoms with Gasteiger partial charge in [-0.3, -0.25) is 9.89 Å². The Bertz CT molecular complexity index is 553. The molecule has 2 N–H and O–H groups in total. The smallest absolute Gasteiger partial charge is 0.191 e. The van der Waals surface area contributed by atoms with Gasteiger partial charge in [-0.2, -0.15) is 0 Å². The minimum absolute atomic E-state index is 0.